The van der Waals surface area contributed by atoms with Crippen LogP contribution in [0.4, 0.5) is 18.9 Å². The second-order valence-electron chi connectivity index (χ2n) is 3.81. The standard InChI is InChI=1S/C13H9BrF3NO/c14-9-4-5-12(11(18)7-9)19-10-3-1-2-8(6-10)13(15,16)17/h1-7H,18H2. The van der Waals surface area contributed by atoms with Crippen LogP contribution in [-0.2, 0) is 6.18 Å². The number of anilines is 1. The first-order valence-corrected chi connectivity index (χ1v) is 6.06. The van der Waals surface area contributed by atoms with Gasteiger partial charge in [-0.15, -0.1) is 0 Å². The Balaban J connectivity index is 2.29. The van der Waals surface area contributed by atoms with Crippen LogP contribution in [0.15, 0.2) is 46.9 Å². The van der Waals surface area contributed by atoms with Crippen molar-refractivity contribution >= 4 is 21.6 Å². The lowest BCUT2D eigenvalue weighted by atomic mass is 10.2. The maximum Gasteiger partial charge on any atom is 0.416 e. The predicted octanol–water partition coefficient (Wildman–Crippen LogP) is 4.84. The second-order valence-corrected chi connectivity index (χ2v) is 4.73. The Morgan fingerprint density at radius 3 is 2.42 bits per heavy atom. The van der Waals surface area contributed by atoms with Crippen LogP contribution in [0, 0.1) is 0 Å². The summed E-state index contributed by atoms with van der Waals surface area (Å²) in [5.74, 6) is 0.395. The van der Waals surface area contributed by atoms with E-state index in [4.69, 9.17) is 10.5 Å². The molecule has 0 aliphatic carbocycles. The minimum absolute atomic E-state index is 0.0869. The molecule has 6 heteroatoms. The average molecular weight is 332 g/mol. The Morgan fingerprint density at radius 1 is 1.05 bits per heavy atom. The highest BCUT2D eigenvalue weighted by Crippen LogP contribution is 2.34. The van der Waals surface area contributed by atoms with Crippen LogP contribution in [-0.4, -0.2) is 0 Å². The zero-order valence-electron chi connectivity index (χ0n) is 9.54. The number of nitrogen functional groups attached to an aromatic ring is 1. The van der Waals surface area contributed by atoms with Gasteiger partial charge in [0.25, 0.3) is 0 Å². The fourth-order valence-electron chi connectivity index (χ4n) is 1.48. The number of hydrogen-bond donors (Lipinski definition) is 1. The van der Waals surface area contributed by atoms with Gasteiger partial charge in [-0.1, -0.05) is 22.0 Å². The highest BCUT2D eigenvalue weighted by atomic mass is 79.9. The van der Waals surface area contributed by atoms with Crippen molar-refractivity contribution in [1.29, 1.82) is 0 Å². The van der Waals surface area contributed by atoms with Gasteiger partial charge in [0.05, 0.1) is 11.3 Å². The summed E-state index contributed by atoms with van der Waals surface area (Å²) in [5, 5.41) is 0. The van der Waals surface area contributed by atoms with E-state index in [0.29, 0.717) is 11.4 Å². The molecule has 0 saturated heterocycles. The van der Waals surface area contributed by atoms with E-state index in [1.165, 1.54) is 12.1 Å². The van der Waals surface area contributed by atoms with Gasteiger partial charge in [-0.05, 0) is 36.4 Å². The summed E-state index contributed by atoms with van der Waals surface area (Å²) in [4.78, 5) is 0. The Labute approximate surface area is 116 Å². The van der Waals surface area contributed by atoms with Gasteiger partial charge in [-0.25, -0.2) is 0 Å². The minimum atomic E-state index is -4.40. The van der Waals surface area contributed by atoms with Crippen LogP contribution >= 0.6 is 15.9 Å². The third-order valence-corrected chi connectivity index (χ3v) is 2.85. The monoisotopic (exact) mass is 331 g/mol. The molecule has 100 valence electrons. The molecule has 0 aliphatic heterocycles. The molecule has 0 bridgehead atoms. The number of halogens is 4. The van der Waals surface area contributed by atoms with Crippen LogP contribution in [0.1, 0.15) is 5.56 Å². The van der Waals surface area contributed by atoms with Crippen molar-refractivity contribution in [2.45, 2.75) is 6.18 Å². The zero-order valence-corrected chi connectivity index (χ0v) is 11.1. The van der Waals surface area contributed by atoms with E-state index in [9.17, 15) is 13.2 Å². The molecule has 0 amide bonds. The van der Waals surface area contributed by atoms with Crippen molar-refractivity contribution in [3.63, 3.8) is 0 Å². The van der Waals surface area contributed by atoms with Crippen molar-refractivity contribution in [1.82, 2.24) is 0 Å². The molecule has 0 unspecified atom stereocenters. The van der Waals surface area contributed by atoms with Crippen LogP contribution in [0.3, 0.4) is 0 Å². The second kappa shape index (κ2) is 5.13. The molecule has 2 rings (SSSR count). The Kier molecular flexibility index (Phi) is 3.71. The smallest absolute Gasteiger partial charge is 0.416 e. The van der Waals surface area contributed by atoms with Crippen LogP contribution in [0.5, 0.6) is 11.5 Å². The van der Waals surface area contributed by atoms with Crippen molar-refractivity contribution in [2.24, 2.45) is 0 Å². The first kappa shape index (κ1) is 13.7. The van der Waals surface area contributed by atoms with E-state index in [0.717, 1.165) is 16.6 Å². The molecular weight excluding hydrogens is 323 g/mol. The lowest BCUT2D eigenvalue weighted by molar-refractivity contribution is -0.137. The van der Waals surface area contributed by atoms with Gasteiger partial charge in [0, 0.05) is 4.47 Å². The van der Waals surface area contributed by atoms with Gasteiger partial charge in [0.15, 0.2) is 0 Å². The van der Waals surface area contributed by atoms with Crippen LogP contribution in [0.2, 0.25) is 0 Å². The van der Waals surface area contributed by atoms with Crippen molar-refractivity contribution in [2.75, 3.05) is 5.73 Å². The molecule has 0 radical (unpaired) electrons. The SMILES string of the molecule is Nc1cc(Br)ccc1Oc1cccc(C(F)(F)F)c1. The molecule has 0 spiro atoms. The summed E-state index contributed by atoms with van der Waals surface area (Å²) in [6.45, 7) is 0. The average Bonchev–Trinajstić information content (AvgIpc) is 2.32. The van der Waals surface area contributed by atoms with Gasteiger partial charge in [-0.2, -0.15) is 13.2 Å². The molecule has 0 fully saturated rings. The molecule has 0 atom stereocenters. The topological polar surface area (TPSA) is 35.2 Å². The number of hydrogen-bond acceptors (Lipinski definition) is 2. The number of rotatable bonds is 2. The van der Waals surface area contributed by atoms with E-state index in [2.05, 4.69) is 15.9 Å². The molecule has 0 aromatic heterocycles. The summed E-state index contributed by atoms with van der Waals surface area (Å²) in [5.41, 5.74) is 5.29. The number of benzene rings is 2. The van der Waals surface area contributed by atoms with Gasteiger partial charge < -0.3 is 10.5 Å². The Bertz CT molecular complexity index is 599. The van der Waals surface area contributed by atoms with Gasteiger partial charge in [0.2, 0.25) is 0 Å². The number of alkyl halides is 3. The third-order valence-electron chi connectivity index (χ3n) is 2.36. The van der Waals surface area contributed by atoms with Gasteiger partial charge >= 0.3 is 6.18 Å². The first-order valence-electron chi connectivity index (χ1n) is 5.26. The van der Waals surface area contributed by atoms with Crippen molar-refractivity contribution in [3.8, 4) is 11.5 Å². The summed E-state index contributed by atoms with van der Waals surface area (Å²) in [6, 6.07) is 9.53. The quantitative estimate of drug-likeness (QED) is 0.799. The maximum absolute atomic E-state index is 12.6. The molecule has 2 aromatic rings. The van der Waals surface area contributed by atoms with Crippen LogP contribution in [0.25, 0.3) is 0 Å². The van der Waals surface area contributed by atoms with Crippen molar-refractivity contribution in [3.05, 3.63) is 52.5 Å². The lowest BCUT2D eigenvalue weighted by Gasteiger charge is -2.11. The van der Waals surface area contributed by atoms with Crippen LogP contribution < -0.4 is 10.5 Å². The third kappa shape index (κ3) is 3.41. The highest BCUT2D eigenvalue weighted by molar-refractivity contribution is 9.10. The van der Waals surface area contributed by atoms with Gasteiger partial charge in [-0.3, -0.25) is 0 Å². The highest BCUT2D eigenvalue weighted by Gasteiger charge is 2.30. The summed E-state index contributed by atoms with van der Waals surface area (Å²) >= 11 is 3.24. The summed E-state index contributed by atoms with van der Waals surface area (Å²) < 4.78 is 43.8. The Morgan fingerprint density at radius 2 is 1.79 bits per heavy atom. The summed E-state index contributed by atoms with van der Waals surface area (Å²) in [7, 11) is 0. The van der Waals surface area contributed by atoms with Gasteiger partial charge in [0.1, 0.15) is 11.5 Å². The molecule has 0 heterocycles. The zero-order chi connectivity index (χ0) is 14.0. The molecule has 2 aromatic carbocycles. The van der Waals surface area contributed by atoms with E-state index in [1.54, 1.807) is 18.2 Å². The largest absolute Gasteiger partial charge is 0.455 e. The van der Waals surface area contributed by atoms with E-state index in [1.807, 2.05) is 0 Å². The van der Waals surface area contributed by atoms with E-state index < -0.39 is 11.7 Å². The molecule has 2 nitrogen and oxygen atoms in total. The van der Waals surface area contributed by atoms with E-state index in [-0.39, 0.29) is 5.75 Å². The first-order chi connectivity index (χ1) is 8.86. The van der Waals surface area contributed by atoms with Crippen molar-refractivity contribution < 1.29 is 17.9 Å². The normalized spacial score (nSPS) is 11.4. The number of nitrogens with two attached hydrogens (primary N) is 1. The summed E-state index contributed by atoms with van der Waals surface area (Å²) in [6.07, 6.45) is -4.40. The molecule has 19 heavy (non-hydrogen) atoms. The molecule has 2 N–H and O–H groups in total. The predicted molar refractivity (Wildman–Crippen MR) is 70.1 cm³/mol. The molecular formula is C13H9BrF3NO. The maximum atomic E-state index is 12.6. The Hall–Kier alpha value is -1.69. The lowest BCUT2D eigenvalue weighted by Crippen LogP contribution is -2.04. The van der Waals surface area contributed by atoms with E-state index >= 15 is 0 Å². The fourth-order valence-corrected chi connectivity index (χ4v) is 1.85. The fraction of sp³-hybridized carbons (Fsp3) is 0.0769. The number of ether oxygens (including phenoxy) is 1. The molecule has 0 aliphatic rings. The minimum Gasteiger partial charge on any atom is -0.455 e. The molecule has 0 saturated carbocycles.